The molecule has 0 bridgehead atoms. The van der Waals surface area contributed by atoms with E-state index in [-0.39, 0.29) is 5.97 Å². The summed E-state index contributed by atoms with van der Waals surface area (Å²) in [5.74, 6) is -0.334. The Hall–Kier alpha value is -1.35. The summed E-state index contributed by atoms with van der Waals surface area (Å²) in [7, 11) is 0. The van der Waals surface area contributed by atoms with Crippen LogP contribution in [-0.4, -0.2) is 12.6 Å². The molecule has 0 saturated carbocycles. The minimum atomic E-state index is -0.665. The van der Waals surface area contributed by atoms with Gasteiger partial charge in [0.15, 0.2) is 0 Å². The minimum Gasteiger partial charge on any atom is -0.464 e. The summed E-state index contributed by atoms with van der Waals surface area (Å²) in [5, 5.41) is 0. The van der Waals surface area contributed by atoms with Gasteiger partial charge >= 0.3 is 5.97 Å². The number of rotatable bonds is 9. The van der Waals surface area contributed by atoms with Crippen molar-refractivity contribution in [3.05, 3.63) is 35.9 Å². The SMILES string of the molecule is CCCCCCCCOC(=O)[C@H](N)c1ccccc1. The van der Waals surface area contributed by atoms with Gasteiger partial charge in [-0.15, -0.1) is 0 Å². The van der Waals surface area contributed by atoms with E-state index in [0.29, 0.717) is 6.61 Å². The van der Waals surface area contributed by atoms with Crippen LogP contribution in [0.3, 0.4) is 0 Å². The third-order valence-electron chi connectivity index (χ3n) is 3.15. The Morgan fingerprint density at radius 2 is 1.74 bits per heavy atom. The molecule has 106 valence electrons. The van der Waals surface area contributed by atoms with Gasteiger partial charge < -0.3 is 10.5 Å². The van der Waals surface area contributed by atoms with E-state index in [2.05, 4.69) is 6.92 Å². The maximum atomic E-state index is 11.7. The Kier molecular flexibility index (Phi) is 7.91. The number of carbonyl (C=O) groups excluding carboxylic acids is 1. The normalized spacial score (nSPS) is 12.1. The predicted octanol–water partition coefficient (Wildman–Crippen LogP) is 3.59. The molecule has 1 aromatic carbocycles. The quantitative estimate of drug-likeness (QED) is 0.547. The first-order valence-electron chi connectivity index (χ1n) is 7.23. The molecule has 0 unspecified atom stereocenters. The average molecular weight is 263 g/mol. The van der Waals surface area contributed by atoms with Crippen molar-refractivity contribution in [1.82, 2.24) is 0 Å². The first-order chi connectivity index (χ1) is 9.25. The van der Waals surface area contributed by atoms with Crippen molar-refractivity contribution in [3.8, 4) is 0 Å². The van der Waals surface area contributed by atoms with Crippen LogP contribution in [0, 0.1) is 0 Å². The van der Waals surface area contributed by atoms with Crippen LogP contribution in [0.2, 0.25) is 0 Å². The Labute approximate surface area is 116 Å². The molecule has 0 aliphatic rings. The van der Waals surface area contributed by atoms with Crippen LogP contribution in [0.4, 0.5) is 0 Å². The molecule has 19 heavy (non-hydrogen) atoms. The number of ether oxygens (including phenoxy) is 1. The van der Waals surface area contributed by atoms with Crippen LogP contribution in [0.5, 0.6) is 0 Å². The van der Waals surface area contributed by atoms with Gasteiger partial charge in [0.2, 0.25) is 0 Å². The van der Waals surface area contributed by atoms with Gasteiger partial charge in [0, 0.05) is 0 Å². The molecule has 0 aliphatic heterocycles. The van der Waals surface area contributed by atoms with E-state index in [1.165, 1.54) is 25.7 Å². The number of benzene rings is 1. The third-order valence-corrected chi connectivity index (χ3v) is 3.15. The van der Waals surface area contributed by atoms with Crippen LogP contribution < -0.4 is 5.73 Å². The lowest BCUT2D eigenvalue weighted by atomic mass is 10.1. The molecule has 0 aliphatic carbocycles. The molecule has 0 fully saturated rings. The highest BCUT2D eigenvalue weighted by Crippen LogP contribution is 2.11. The van der Waals surface area contributed by atoms with Crippen molar-refractivity contribution < 1.29 is 9.53 Å². The minimum absolute atomic E-state index is 0.334. The maximum Gasteiger partial charge on any atom is 0.327 e. The van der Waals surface area contributed by atoms with Gasteiger partial charge in [-0.3, -0.25) is 0 Å². The van der Waals surface area contributed by atoms with Crippen molar-refractivity contribution >= 4 is 5.97 Å². The van der Waals surface area contributed by atoms with E-state index in [1.807, 2.05) is 30.3 Å². The van der Waals surface area contributed by atoms with Crippen molar-refractivity contribution in [2.24, 2.45) is 5.73 Å². The fraction of sp³-hybridized carbons (Fsp3) is 0.562. The van der Waals surface area contributed by atoms with Gasteiger partial charge in [-0.1, -0.05) is 69.4 Å². The summed E-state index contributed by atoms with van der Waals surface area (Å²) >= 11 is 0. The van der Waals surface area contributed by atoms with Gasteiger partial charge in [-0.25, -0.2) is 4.79 Å². The Morgan fingerprint density at radius 3 is 2.42 bits per heavy atom. The molecule has 2 N–H and O–H groups in total. The van der Waals surface area contributed by atoms with Gasteiger partial charge in [-0.05, 0) is 12.0 Å². The number of unbranched alkanes of at least 4 members (excludes halogenated alkanes) is 5. The van der Waals surface area contributed by atoms with E-state index in [9.17, 15) is 4.79 Å². The molecular weight excluding hydrogens is 238 g/mol. The summed E-state index contributed by atoms with van der Waals surface area (Å²) in [6, 6.07) is 8.67. The van der Waals surface area contributed by atoms with Crippen LogP contribution in [0.1, 0.15) is 57.1 Å². The van der Waals surface area contributed by atoms with Gasteiger partial charge in [0.25, 0.3) is 0 Å². The second-order valence-corrected chi connectivity index (χ2v) is 4.82. The number of carbonyl (C=O) groups is 1. The zero-order valence-electron chi connectivity index (χ0n) is 11.8. The molecule has 0 amide bonds. The number of nitrogens with two attached hydrogens (primary N) is 1. The second-order valence-electron chi connectivity index (χ2n) is 4.82. The summed E-state index contributed by atoms with van der Waals surface area (Å²) < 4.78 is 5.20. The fourth-order valence-electron chi connectivity index (χ4n) is 1.94. The van der Waals surface area contributed by atoms with Gasteiger partial charge in [-0.2, -0.15) is 0 Å². The number of hydrogen-bond donors (Lipinski definition) is 1. The van der Waals surface area contributed by atoms with Crippen LogP contribution in [0.25, 0.3) is 0 Å². The smallest absolute Gasteiger partial charge is 0.327 e. The number of esters is 1. The zero-order valence-corrected chi connectivity index (χ0v) is 11.8. The largest absolute Gasteiger partial charge is 0.464 e. The van der Waals surface area contributed by atoms with E-state index in [0.717, 1.165) is 18.4 Å². The van der Waals surface area contributed by atoms with E-state index in [1.54, 1.807) is 0 Å². The first kappa shape index (κ1) is 15.7. The van der Waals surface area contributed by atoms with Crippen molar-refractivity contribution in [1.29, 1.82) is 0 Å². The monoisotopic (exact) mass is 263 g/mol. The molecule has 0 saturated heterocycles. The van der Waals surface area contributed by atoms with E-state index < -0.39 is 6.04 Å². The average Bonchev–Trinajstić information content (AvgIpc) is 2.46. The topological polar surface area (TPSA) is 52.3 Å². The molecule has 0 radical (unpaired) electrons. The molecule has 1 rings (SSSR count). The summed E-state index contributed by atoms with van der Waals surface area (Å²) in [6.07, 6.45) is 7.08. The molecule has 0 spiro atoms. The fourth-order valence-corrected chi connectivity index (χ4v) is 1.94. The molecule has 1 aromatic rings. The second kappa shape index (κ2) is 9.56. The lowest BCUT2D eigenvalue weighted by molar-refractivity contribution is -0.145. The van der Waals surface area contributed by atoms with Crippen molar-refractivity contribution in [3.63, 3.8) is 0 Å². The third kappa shape index (κ3) is 6.39. The highest BCUT2D eigenvalue weighted by atomic mass is 16.5. The molecule has 0 aromatic heterocycles. The maximum absolute atomic E-state index is 11.7. The van der Waals surface area contributed by atoms with Crippen molar-refractivity contribution in [2.75, 3.05) is 6.61 Å². The van der Waals surface area contributed by atoms with Crippen molar-refractivity contribution in [2.45, 2.75) is 51.5 Å². The standard InChI is InChI=1S/C16H25NO2/c1-2-3-4-5-6-10-13-19-16(18)15(17)14-11-8-7-9-12-14/h7-9,11-12,15H,2-6,10,13,17H2,1H3/t15-/m1/s1. The van der Waals surface area contributed by atoms with Crippen LogP contribution in [0.15, 0.2) is 30.3 Å². The Bertz CT molecular complexity index is 351. The molecule has 1 atom stereocenters. The van der Waals surface area contributed by atoms with Gasteiger partial charge in [0.05, 0.1) is 6.61 Å². The lowest BCUT2D eigenvalue weighted by Crippen LogP contribution is -2.24. The van der Waals surface area contributed by atoms with Crippen LogP contribution >= 0.6 is 0 Å². The van der Waals surface area contributed by atoms with Crippen LogP contribution in [-0.2, 0) is 9.53 Å². The zero-order chi connectivity index (χ0) is 13.9. The lowest BCUT2D eigenvalue weighted by Gasteiger charge is -2.11. The molecule has 3 heteroatoms. The highest BCUT2D eigenvalue weighted by Gasteiger charge is 2.16. The molecule has 0 heterocycles. The van der Waals surface area contributed by atoms with E-state index in [4.69, 9.17) is 10.5 Å². The first-order valence-corrected chi connectivity index (χ1v) is 7.23. The predicted molar refractivity (Wildman–Crippen MR) is 77.7 cm³/mol. The molecule has 3 nitrogen and oxygen atoms in total. The highest BCUT2D eigenvalue weighted by molar-refractivity contribution is 5.77. The van der Waals surface area contributed by atoms with E-state index >= 15 is 0 Å². The summed E-state index contributed by atoms with van der Waals surface area (Å²) in [4.78, 5) is 11.7. The summed E-state index contributed by atoms with van der Waals surface area (Å²) in [6.45, 7) is 2.68. The Balaban J connectivity index is 2.14. The summed E-state index contributed by atoms with van der Waals surface area (Å²) in [5.41, 5.74) is 6.65. The number of hydrogen-bond acceptors (Lipinski definition) is 3. The Morgan fingerprint density at radius 1 is 1.11 bits per heavy atom. The molecular formula is C16H25NO2. The van der Waals surface area contributed by atoms with Gasteiger partial charge in [0.1, 0.15) is 6.04 Å².